The highest BCUT2D eigenvalue weighted by molar-refractivity contribution is 6.27. The van der Waals surface area contributed by atoms with Gasteiger partial charge in [0.05, 0.1) is 25.3 Å². The Bertz CT molecular complexity index is 827. The van der Waals surface area contributed by atoms with Gasteiger partial charge in [0.1, 0.15) is 17.6 Å². The molecule has 1 aliphatic rings. The van der Waals surface area contributed by atoms with Crippen LogP contribution in [0.1, 0.15) is 54.3 Å². The molecule has 0 aromatic heterocycles. The Labute approximate surface area is 158 Å². The van der Waals surface area contributed by atoms with E-state index >= 15 is 0 Å². The van der Waals surface area contributed by atoms with Gasteiger partial charge < -0.3 is 14.2 Å². The highest BCUT2D eigenvalue weighted by Crippen LogP contribution is 2.37. The molecule has 6 nitrogen and oxygen atoms in total. The first kappa shape index (κ1) is 20.4. The summed E-state index contributed by atoms with van der Waals surface area (Å²) in [4.78, 5) is 37.8. The molecule has 0 fully saturated rings. The molecule has 27 heavy (non-hydrogen) atoms. The Morgan fingerprint density at radius 1 is 1.07 bits per heavy atom. The predicted octanol–water partition coefficient (Wildman–Crippen LogP) is 3.69. The van der Waals surface area contributed by atoms with Gasteiger partial charge in [0.15, 0.2) is 11.6 Å². The number of ether oxygens (including phenoxy) is 3. The summed E-state index contributed by atoms with van der Waals surface area (Å²) in [6.45, 7) is 5.49. The van der Waals surface area contributed by atoms with Gasteiger partial charge in [-0.1, -0.05) is 18.6 Å². The number of fused-ring (bicyclic) bond motifs is 1. The molecule has 0 aliphatic heterocycles. The first-order chi connectivity index (χ1) is 12.8. The Balaban J connectivity index is 2.56. The van der Waals surface area contributed by atoms with Gasteiger partial charge in [-0.15, -0.1) is 0 Å². The molecule has 0 heterocycles. The van der Waals surface area contributed by atoms with Crippen LogP contribution in [0, 0.1) is 0 Å². The maximum atomic E-state index is 13.2. The molecule has 0 saturated carbocycles. The van der Waals surface area contributed by atoms with Gasteiger partial charge in [-0.25, -0.2) is 0 Å². The lowest BCUT2D eigenvalue weighted by Crippen LogP contribution is -2.29. The summed E-state index contributed by atoms with van der Waals surface area (Å²) in [5.74, 6) is -0.656. The van der Waals surface area contributed by atoms with Crippen LogP contribution in [0.2, 0.25) is 0 Å². The molecule has 1 atom stereocenters. The molecular formula is C21H24O6. The van der Waals surface area contributed by atoms with Crippen molar-refractivity contribution in [2.24, 2.45) is 0 Å². The van der Waals surface area contributed by atoms with Crippen LogP contribution in [0.3, 0.4) is 0 Å². The second kappa shape index (κ2) is 8.66. The number of carbonyl (C=O) groups is 3. The van der Waals surface area contributed by atoms with Crippen molar-refractivity contribution >= 4 is 17.5 Å². The fourth-order valence-corrected chi connectivity index (χ4v) is 2.86. The lowest BCUT2D eigenvalue weighted by atomic mass is 9.85. The van der Waals surface area contributed by atoms with Gasteiger partial charge in [0.2, 0.25) is 0 Å². The zero-order chi connectivity index (χ0) is 20.1. The Kier molecular flexibility index (Phi) is 6.55. The predicted molar refractivity (Wildman–Crippen MR) is 101 cm³/mol. The lowest BCUT2D eigenvalue weighted by molar-refractivity contribution is -0.146. The highest BCUT2D eigenvalue weighted by Gasteiger charge is 2.36. The average Bonchev–Trinajstić information content (AvgIpc) is 2.66. The van der Waals surface area contributed by atoms with Gasteiger partial charge in [0, 0.05) is 18.4 Å². The largest absolute Gasteiger partial charge is 0.496 e. The zero-order valence-corrected chi connectivity index (χ0v) is 16.3. The normalized spacial score (nSPS) is 14.0. The number of hydrogen-bond donors (Lipinski definition) is 0. The third-order valence-corrected chi connectivity index (χ3v) is 4.24. The molecular weight excluding hydrogens is 348 g/mol. The molecule has 0 spiro atoms. The minimum Gasteiger partial charge on any atom is -0.496 e. The third kappa shape index (κ3) is 4.27. The van der Waals surface area contributed by atoms with Crippen LogP contribution in [0.25, 0.3) is 0 Å². The molecule has 0 unspecified atom stereocenters. The number of allylic oxidation sites excluding steroid dienone is 2. The summed E-state index contributed by atoms with van der Waals surface area (Å²) < 4.78 is 16.0. The summed E-state index contributed by atoms with van der Waals surface area (Å²) in [5.41, 5.74) is 1.45. The smallest absolute Gasteiger partial charge is 0.306 e. The van der Waals surface area contributed by atoms with Gasteiger partial charge >= 0.3 is 5.97 Å². The van der Waals surface area contributed by atoms with E-state index in [-0.39, 0.29) is 34.7 Å². The van der Waals surface area contributed by atoms with Gasteiger partial charge in [-0.3, -0.25) is 14.4 Å². The topological polar surface area (TPSA) is 78.9 Å². The van der Waals surface area contributed by atoms with Crippen molar-refractivity contribution in [1.82, 2.24) is 0 Å². The second-order valence-corrected chi connectivity index (χ2v) is 6.36. The highest BCUT2D eigenvalue weighted by atomic mass is 16.5. The second-order valence-electron chi connectivity index (χ2n) is 6.36. The number of Topliss-reactive ketones (excluding diaryl/α,β-unsaturated/α-hetero) is 1. The molecule has 0 amide bonds. The van der Waals surface area contributed by atoms with E-state index in [0.717, 1.165) is 5.57 Å². The SMILES string of the molecule is CCC(=O)O[C@H](CC=C(C)C)C1=CC(=O)c2c(OC)ccc(OC)c2C1=O. The van der Waals surface area contributed by atoms with E-state index in [1.807, 2.05) is 19.9 Å². The molecule has 0 N–H and O–H groups in total. The number of methoxy groups -OCH3 is 2. The molecule has 0 radical (unpaired) electrons. The number of esters is 1. The van der Waals surface area contributed by atoms with Crippen LogP contribution in [0.15, 0.2) is 35.4 Å². The minimum atomic E-state index is -0.840. The van der Waals surface area contributed by atoms with Crippen molar-refractivity contribution in [2.45, 2.75) is 39.7 Å². The zero-order valence-electron chi connectivity index (χ0n) is 16.3. The molecule has 2 rings (SSSR count). The van der Waals surface area contributed by atoms with E-state index in [9.17, 15) is 14.4 Å². The van der Waals surface area contributed by atoms with Crippen LogP contribution in [-0.2, 0) is 9.53 Å². The van der Waals surface area contributed by atoms with Crippen LogP contribution in [0.5, 0.6) is 11.5 Å². The molecule has 144 valence electrons. The van der Waals surface area contributed by atoms with Crippen LogP contribution in [0.4, 0.5) is 0 Å². The van der Waals surface area contributed by atoms with Crippen LogP contribution >= 0.6 is 0 Å². The third-order valence-electron chi connectivity index (χ3n) is 4.24. The van der Waals surface area contributed by atoms with Crippen molar-refractivity contribution in [1.29, 1.82) is 0 Å². The first-order valence-electron chi connectivity index (χ1n) is 8.72. The molecule has 6 heteroatoms. The van der Waals surface area contributed by atoms with Gasteiger partial charge in [0.25, 0.3) is 0 Å². The van der Waals surface area contributed by atoms with Crippen LogP contribution in [-0.4, -0.2) is 37.9 Å². The fraction of sp³-hybridized carbons (Fsp3) is 0.381. The summed E-state index contributed by atoms with van der Waals surface area (Å²) in [5, 5.41) is 0. The maximum Gasteiger partial charge on any atom is 0.306 e. The molecule has 1 aromatic rings. The standard InChI is InChI=1S/C21H24O6/c1-6-18(23)27-15(8-7-12(2)3)13-11-14(22)19-16(25-4)9-10-17(26-5)20(19)21(13)24/h7,9-11,15H,6,8H2,1-5H3/t15-/m1/s1. The summed E-state index contributed by atoms with van der Waals surface area (Å²) in [6.07, 6.45) is 2.74. The summed E-state index contributed by atoms with van der Waals surface area (Å²) >= 11 is 0. The summed E-state index contributed by atoms with van der Waals surface area (Å²) in [6, 6.07) is 3.16. The van der Waals surface area contributed by atoms with E-state index < -0.39 is 17.9 Å². The molecule has 0 saturated heterocycles. The Morgan fingerprint density at radius 3 is 2.19 bits per heavy atom. The maximum absolute atomic E-state index is 13.2. The Morgan fingerprint density at radius 2 is 1.67 bits per heavy atom. The number of benzene rings is 1. The lowest BCUT2D eigenvalue weighted by Gasteiger charge is -2.24. The first-order valence-corrected chi connectivity index (χ1v) is 8.72. The average molecular weight is 372 g/mol. The number of ketones is 2. The van der Waals surface area contributed by atoms with Crippen molar-refractivity contribution in [3.63, 3.8) is 0 Å². The van der Waals surface area contributed by atoms with Gasteiger partial charge in [-0.05, 0) is 32.1 Å². The number of hydrogen-bond acceptors (Lipinski definition) is 6. The number of carbonyl (C=O) groups excluding carboxylic acids is 3. The minimum absolute atomic E-state index is 0.133. The van der Waals surface area contributed by atoms with E-state index in [1.54, 1.807) is 19.1 Å². The van der Waals surface area contributed by atoms with E-state index in [2.05, 4.69) is 0 Å². The van der Waals surface area contributed by atoms with E-state index in [1.165, 1.54) is 20.3 Å². The van der Waals surface area contributed by atoms with Crippen molar-refractivity contribution < 1.29 is 28.6 Å². The van der Waals surface area contributed by atoms with Gasteiger partial charge in [-0.2, -0.15) is 0 Å². The monoisotopic (exact) mass is 372 g/mol. The van der Waals surface area contributed by atoms with E-state index in [4.69, 9.17) is 14.2 Å². The molecule has 0 bridgehead atoms. The Hall–Kier alpha value is -2.89. The summed E-state index contributed by atoms with van der Waals surface area (Å²) in [7, 11) is 2.86. The van der Waals surface area contributed by atoms with Crippen molar-refractivity contribution in [3.8, 4) is 11.5 Å². The van der Waals surface area contributed by atoms with Crippen molar-refractivity contribution in [3.05, 3.63) is 46.6 Å². The van der Waals surface area contributed by atoms with Crippen LogP contribution < -0.4 is 9.47 Å². The number of rotatable bonds is 7. The fourth-order valence-electron chi connectivity index (χ4n) is 2.86. The van der Waals surface area contributed by atoms with Crippen molar-refractivity contribution in [2.75, 3.05) is 14.2 Å². The quantitative estimate of drug-likeness (QED) is 0.536. The van der Waals surface area contributed by atoms with E-state index in [0.29, 0.717) is 12.2 Å². The molecule has 1 aromatic carbocycles. The molecule has 1 aliphatic carbocycles.